The third-order valence-corrected chi connectivity index (χ3v) is 3.86. The molecule has 0 atom stereocenters. The maximum absolute atomic E-state index is 13.8. The molecule has 2 heterocycles. The van der Waals surface area contributed by atoms with E-state index in [9.17, 15) is 9.18 Å². The van der Waals surface area contributed by atoms with Gasteiger partial charge in [-0.1, -0.05) is 12.1 Å². The lowest BCUT2D eigenvalue weighted by Gasteiger charge is -2.07. The van der Waals surface area contributed by atoms with Crippen LogP contribution in [0.15, 0.2) is 36.7 Å². The van der Waals surface area contributed by atoms with E-state index in [1.165, 1.54) is 16.9 Å². The number of hydrogen-bond donors (Lipinski definition) is 2. The SMILES string of the molecule is CCn1nc(C)c(NC(=O)Nc2cnn(-c3ccccc3F)c2)c1C. The number of aryl methyl sites for hydroxylation is 2. The monoisotopic (exact) mass is 342 g/mol. The van der Waals surface area contributed by atoms with Crippen LogP contribution in [0.2, 0.25) is 0 Å². The molecule has 0 saturated carbocycles. The van der Waals surface area contributed by atoms with E-state index >= 15 is 0 Å². The van der Waals surface area contributed by atoms with Crippen molar-refractivity contribution in [1.82, 2.24) is 19.6 Å². The molecule has 0 saturated heterocycles. The number of benzene rings is 1. The highest BCUT2D eigenvalue weighted by molar-refractivity contribution is 6.00. The second-order valence-electron chi connectivity index (χ2n) is 5.57. The summed E-state index contributed by atoms with van der Waals surface area (Å²) >= 11 is 0. The minimum absolute atomic E-state index is 0.312. The van der Waals surface area contributed by atoms with Crippen molar-refractivity contribution in [3.8, 4) is 5.69 Å². The molecule has 2 amide bonds. The molecular formula is C17H19FN6O. The number of anilines is 2. The number of urea groups is 1. The Balaban J connectivity index is 1.72. The number of carbonyl (C=O) groups excluding carboxylic acids is 1. The molecule has 0 fully saturated rings. The Labute approximate surface area is 144 Å². The molecule has 2 aromatic heterocycles. The number of nitrogens with one attached hydrogen (secondary N) is 2. The van der Waals surface area contributed by atoms with Gasteiger partial charge in [0.25, 0.3) is 0 Å². The van der Waals surface area contributed by atoms with E-state index < -0.39 is 6.03 Å². The summed E-state index contributed by atoms with van der Waals surface area (Å²) in [6.07, 6.45) is 3.01. The standard InChI is InChI=1S/C17H19FN6O/c1-4-23-12(3)16(11(2)22-23)21-17(25)20-13-9-19-24(10-13)15-8-6-5-7-14(15)18/h5-10H,4H2,1-3H3,(H2,20,21,25). The number of halogens is 1. The van der Waals surface area contributed by atoms with Crippen molar-refractivity contribution in [3.63, 3.8) is 0 Å². The van der Waals surface area contributed by atoms with Gasteiger partial charge in [-0.25, -0.2) is 13.9 Å². The Hall–Kier alpha value is -3.16. The van der Waals surface area contributed by atoms with E-state index in [0.29, 0.717) is 17.1 Å². The fourth-order valence-electron chi connectivity index (χ4n) is 2.62. The first kappa shape index (κ1) is 16.7. The fourth-order valence-corrected chi connectivity index (χ4v) is 2.62. The normalized spacial score (nSPS) is 10.7. The van der Waals surface area contributed by atoms with Crippen LogP contribution in [0.3, 0.4) is 0 Å². The number of hydrogen-bond acceptors (Lipinski definition) is 3. The molecule has 3 aromatic rings. The van der Waals surface area contributed by atoms with Gasteiger partial charge < -0.3 is 10.6 Å². The number of para-hydroxylation sites is 1. The van der Waals surface area contributed by atoms with Gasteiger partial charge >= 0.3 is 6.03 Å². The average molecular weight is 342 g/mol. The zero-order chi connectivity index (χ0) is 18.0. The van der Waals surface area contributed by atoms with Gasteiger partial charge in [-0.3, -0.25) is 4.68 Å². The third-order valence-electron chi connectivity index (χ3n) is 3.86. The quantitative estimate of drug-likeness (QED) is 0.762. The minimum Gasteiger partial charge on any atom is -0.305 e. The van der Waals surface area contributed by atoms with Crippen molar-refractivity contribution in [1.29, 1.82) is 0 Å². The fraction of sp³-hybridized carbons (Fsp3) is 0.235. The predicted molar refractivity (Wildman–Crippen MR) is 93.5 cm³/mol. The second-order valence-corrected chi connectivity index (χ2v) is 5.57. The Morgan fingerprint density at radius 2 is 2.00 bits per heavy atom. The molecule has 25 heavy (non-hydrogen) atoms. The molecular weight excluding hydrogens is 323 g/mol. The highest BCUT2D eigenvalue weighted by Crippen LogP contribution is 2.20. The van der Waals surface area contributed by atoms with Crippen LogP contribution in [0.5, 0.6) is 0 Å². The van der Waals surface area contributed by atoms with Crippen molar-refractivity contribution in [3.05, 3.63) is 53.9 Å². The first-order valence-electron chi connectivity index (χ1n) is 7.91. The first-order chi connectivity index (χ1) is 12.0. The summed E-state index contributed by atoms with van der Waals surface area (Å²) in [7, 11) is 0. The summed E-state index contributed by atoms with van der Waals surface area (Å²) < 4.78 is 17.0. The molecule has 130 valence electrons. The molecule has 2 N–H and O–H groups in total. The van der Waals surface area contributed by atoms with Gasteiger partial charge in [0.15, 0.2) is 0 Å². The van der Waals surface area contributed by atoms with Crippen molar-refractivity contribution >= 4 is 17.4 Å². The zero-order valence-corrected chi connectivity index (χ0v) is 14.2. The Morgan fingerprint density at radius 3 is 2.68 bits per heavy atom. The average Bonchev–Trinajstić information content (AvgIpc) is 3.14. The summed E-state index contributed by atoms with van der Waals surface area (Å²) in [5.41, 5.74) is 3.08. The van der Waals surface area contributed by atoms with Gasteiger partial charge in [0, 0.05) is 6.54 Å². The lowest BCUT2D eigenvalue weighted by molar-refractivity contribution is 0.262. The van der Waals surface area contributed by atoms with Crippen LogP contribution in [0, 0.1) is 19.7 Å². The topological polar surface area (TPSA) is 76.8 Å². The molecule has 0 aliphatic carbocycles. The molecule has 8 heteroatoms. The van der Waals surface area contributed by atoms with Gasteiger partial charge in [-0.05, 0) is 32.9 Å². The van der Waals surface area contributed by atoms with Crippen molar-refractivity contribution < 1.29 is 9.18 Å². The van der Waals surface area contributed by atoms with Crippen molar-refractivity contribution in [2.24, 2.45) is 0 Å². The Bertz CT molecular complexity index is 914. The van der Waals surface area contributed by atoms with Crippen LogP contribution >= 0.6 is 0 Å². The summed E-state index contributed by atoms with van der Waals surface area (Å²) in [6.45, 7) is 6.45. The number of amides is 2. The van der Waals surface area contributed by atoms with Crippen LogP contribution < -0.4 is 10.6 Å². The largest absolute Gasteiger partial charge is 0.323 e. The van der Waals surface area contributed by atoms with E-state index in [-0.39, 0.29) is 5.82 Å². The molecule has 0 bridgehead atoms. The van der Waals surface area contributed by atoms with Gasteiger partial charge in [0.1, 0.15) is 11.5 Å². The number of aromatic nitrogens is 4. The first-order valence-corrected chi connectivity index (χ1v) is 7.91. The van der Waals surface area contributed by atoms with Crippen LogP contribution in [-0.4, -0.2) is 25.6 Å². The summed E-state index contributed by atoms with van der Waals surface area (Å²) in [4.78, 5) is 12.2. The molecule has 0 aliphatic heterocycles. The second kappa shape index (κ2) is 6.76. The minimum atomic E-state index is -0.407. The molecule has 0 unspecified atom stereocenters. The summed E-state index contributed by atoms with van der Waals surface area (Å²) in [5, 5.41) is 13.9. The number of nitrogens with zero attached hydrogens (tertiary/aromatic N) is 4. The number of carbonyl (C=O) groups is 1. The van der Waals surface area contributed by atoms with Crippen LogP contribution in [0.25, 0.3) is 5.69 Å². The number of rotatable bonds is 4. The smallest absolute Gasteiger partial charge is 0.305 e. The van der Waals surface area contributed by atoms with Gasteiger partial charge in [-0.15, -0.1) is 0 Å². The van der Waals surface area contributed by atoms with Crippen molar-refractivity contribution in [2.75, 3.05) is 10.6 Å². The zero-order valence-electron chi connectivity index (χ0n) is 14.2. The van der Waals surface area contributed by atoms with Crippen LogP contribution in [-0.2, 0) is 6.54 Å². The van der Waals surface area contributed by atoms with E-state index in [1.807, 2.05) is 25.5 Å². The van der Waals surface area contributed by atoms with Gasteiger partial charge in [0.05, 0.1) is 35.2 Å². The van der Waals surface area contributed by atoms with E-state index in [4.69, 9.17) is 0 Å². The maximum atomic E-state index is 13.8. The highest BCUT2D eigenvalue weighted by Gasteiger charge is 2.14. The van der Waals surface area contributed by atoms with Crippen molar-refractivity contribution in [2.45, 2.75) is 27.3 Å². The Morgan fingerprint density at radius 1 is 1.24 bits per heavy atom. The summed E-state index contributed by atoms with van der Waals surface area (Å²) in [6, 6.07) is 5.88. The lowest BCUT2D eigenvalue weighted by atomic mass is 10.3. The lowest BCUT2D eigenvalue weighted by Crippen LogP contribution is -2.20. The van der Waals surface area contributed by atoms with Crippen LogP contribution in [0.4, 0.5) is 20.6 Å². The maximum Gasteiger partial charge on any atom is 0.323 e. The van der Waals surface area contributed by atoms with Crippen LogP contribution in [0.1, 0.15) is 18.3 Å². The van der Waals surface area contributed by atoms with Gasteiger partial charge in [0.2, 0.25) is 0 Å². The highest BCUT2D eigenvalue weighted by atomic mass is 19.1. The van der Waals surface area contributed by atoms with E-state index in [2.05, 4.69) is 20.8 Å². The van der Waals surface area contributed by atoms with E-state index in [1.54, 1.807) is 24.4 Å². The molecule has 7 nitrogen and oxygen atoms in total. The Kier molecular flexibility index (Phi) is 4.51. The predicted octanol–water partition coefficient (Wildman–Crippen LogP) is 3.49. The third kappa shape index (κ3) is 3.37. The molecule has 3 rings (SSSR count). The van der Waals surface area contributed by atoms with Gasteiger partial charge in [-0.2, -0.15) is 10.2 Å². The molecule has 0 radical (unpaired) electrons. The molecule has 1 aromatic carbocycles. The van der Waals surface area contributed by atoms with E-state index in [0.717, 1.165) is 17.9 Å². The molecule has 0 spiro atoms. The molecule has 0 aliphatic rings. The summed E-state index contributed by atoms with van der Waals surface area (Å²) in [5.74, 6) is -0.389.